The fraction of sp³-hybridized carbons (Fsp3) is 0.929. The van der Waals surface area contributed by atoms with Gasteiger partial charge in [-0.2, -0.15) is 0 Å². The molecule has 0 amide bonds. The normalized spacial score (nSPS) is 13.2. The zero-order valence-electron chi connectivity index (χ0n) is 11.6. The lowest BCUT2D eigenvalue weighted by Gasteiger charge is -2.19. The van der Waals surface area contributed by atoms with Crippen LogP contribution in [0.15, 0.2) is 0 Å². The molecular formula is C14H28O2. The molecule has 0 rings (SSSR count). The quantitative estimate of drug-likeness (QED) is 0.463. The Balaban J connectivity index is 3.90. The highest BCUT2D eigenvalue weighted by Gasteiger charge is 2.22. The molecule has 0 N–H and O–H groups in total. The predicted molar refractivity (Wildman–Crippen MR) is 68.3 cm³/mol. The number of unbranched alkanes of at least 4 members (excludes halogenated alkanes) is 1. The van der Waals surface area contributed by atoms with E-state index in [0.29, 0.717) is 12.5 Å². The molecule has 0 bridgehead atoms. The van der Waals surface area contributed by atoms with Crippen LogP contribution in [0.1, 0.15) is 60.3 Å². The van der Waals surface area contributed by atoms with Crippen molar-refractivity contribution in [1.82, 2.24) is 0 Å². The third-order valence-corrected chi connectivity index (χ3v) is 2.94. The van der Waals surface area contributed by atoms with Crippen molar-refractivity contribution in [2.75, 3.05) is 6.61 Å². The van der Waals surface area contributed by atoms with E-state index in [2.05, 4.69) is 27.7 Å². The smallest absolute Gasteiger partial charge is 0.309 e. The van der Waals surface area contributed by atoms with Crippen LogP contribution in [0.2, 0.25) is 0 Å². The average molecular weight is 228 g/mol. The third-order valence-electron chi connectivity index (χ3n) is 2.94. The van der Waals surface area contributed by atoms with Gasteiger partial charge in [0, 0.05) is 0 Å². The van der Waals surface area contributed by atoms with Gasteiger partial charge in [-0.1, -0.05) is 47.0 Å². The first-order chi connectivity index (χ1) is 7.49. The van der Waals surface area contributed by atoms with Crippen molar-refractivity contribution in [2.24, 2.45) is 17.8 Å². The summed E-state index contributed by atoms with van der Waals surface area (Å²) in [7, 11) is 0. The molecule has 16 heavy (non-hydrogen) atoms. The van der Waals surface area contributed by atoms with E-state index < -0.39 is 0 Å². The van der Waals surface area contributed by atoms with Crippen molar-refractivity contribution in [2.45, 2.75) is 60.3 Å². The maximum absolute atomic E-state index is 11.7. The van der Waals surface area contributed by atoms with Crippen LogP contribution in [0.4, 0.5) is 0 Å². The topological polar surface area (TPSA) is 26.3 Å². The van der Waals surface area contributed by atoms with E-state index in [9.17, 15) is 4.79 Å². The summed E-state index contributed by atoms with van der Waals surface area (Å²) in [4.78, 5) is 11.7. The summed E-state index contributed by atoms with van der Waals surface area (Å²) < 4.78 is 5.10. The molecule has 0 heterocycles. The maximum atomic E-state index is 11.7. The molecule has 0 saturated heterocycles. The van der Waals surface area contributed by atoms with Gasteiger partial charge in [0.15, 0.2) is 0 Å². The minimum Gasteiger partial charge on any atom is -0.466 e. The van der Waals surface area contributed by atoms with E-state index in [0.717, 1.165) is 18.8 Å². The van der Waals surface area contributed by atoms with E-state index in [1.54, 1.807) is 0 Å². The fourth-order valence-electron chi connectivity index (χ4n) is 1.89. The summed E-state index contributed by atoms with van der Waals surface area (Å²) in [5, 5.41) is 0. The number of rotatable bonds is 8. The molecule has 0 aliphatic heterocycles. The van der Waals surface area contributed by atoms with Gasteiger partial charge in [-0.3, -0.25) is 4.79 Å². The number of hydrogen-bond donors (Lipinski definition) is 0. The molecule has 0 spiro atoms. The number of carbonyl (C=O) groups is 1. The highest BCUT2D eigenvalue weighted by Crippen LogP contribution is 2.21. The monoisotopic (exact) mass is 228 g/mol. The van der Waals surface area contributed by atoms with Crippen molar-refractivity contribution in [3.8, 4) is 0 Å². The second-order valence-corrected chi connectivity index (χ2v) is 5.28. The summed E-state index contributed by atoms with van der Waals surface area (Å²) >= 11 is 0. The van der Waals surface area contributed by atoms with E-state index in [-0.39, 0.29) is 11.9 Å². The van der Waals surface area contributed by atoms with E-state index in [1.165, 1.54) is 12.8 Å². The van der Waals surface area contributed by atoms with Crippen LogP contribution in [-0.2, 0) is 9.53 Å². The third kappa shape index (κ3) is 6.86. The van der Waals surface area contributed by atoms with Gasteiger partial charge in [-0.05, 0) is 25.2 Å². The van der Waals surface area contributed by atoms with Gasteiger partial charge >= 0.3 is 5.97 Å². The van der Waals surface area contributed by atoms with E-state index in [1.807, 2.05) is 6.92 Å². The van der Waals surface area contributed by atoms with Gasteiger partial charge in [-0.15, -0.1) is 0 Å². The lowest BCUT2D eigenvalue weighted by Crippen LogP contribution is -2.22. The standard InChI is InChI=1S/C14H28O2/c1-6-16-14(15)13(12(4)5)10-8-7-9-11(2)3/h11-13H,6-10H2,1-5H3. The summed E-state index contributed by atoms with van der Waals surface area (Å²) in [6, 6.07) is 0. The number of hydrogen-bond acceptors (Lipinski definition) is 2. The van der Waals surface area contributed by atoms with Crippen LogP contribution in [0, 0.1) is 17.8 Å². The molecule has 0 aliphatic rings. The van der Waals surface area contributed by atoms with E-state index >= 15 is 0 Å². The minimum atomic E-state index is -0.0120. The molecule has 96 valence electrons. The van der Waals surface area contributed by atoms with Crippen LogP contribution in [0.25, 0.3) is 0 Å². The maximum Gasteiger partial charge on any atom is 0.309 e. The second kappa shape index (κ2) is 8.60. The Morgan fingerprint density at radius 2 is 1.62 bits per heavy atom. The Kier molecular flexibility index (Phi) is 8.32. The Morgan fingerprint density at radius 3 is 2.06 bits per heavy atom. The molecule has 0 radical (unpaired) electrons. The molecular weight excluding hydrogens is 200 g/mol. The molecule has 1 unspecified atom stereocenters. The minimum absolute atomic E-state index is 0.0120. The predicted octanol–water partition coefficient (Wildman–Crippen LogP) is 4.04. The Morgan fingerprint density at radius 1 is 1.06 bits per heavy atom. The van der Waals surface area contributed by atoms with Crippen LogP contribution < -0.4 is 0 Å². The number of ether oxygens (including phenoxy) is 1. The van der Waals surface area contributed by atoms with Crippen molar-refractivity contribution in [3.05, 3.63) is 0 Å². The lowest BCUT2D eigenvalue weighted by atomic mass is 9.90. The summed E-state index contributed by atoms with van der Waals surface area (Å²) in [6.07, 6.45) is 4.59. The summed E-state index contributed by atoms with van der Waals surface area (Å²) in [5.41, 5.74) is 0. The molecule has 0 saturated carbocycles. The SMILES string of the molecule is CCOC(=O)C(CCCCC(C)C)C(C)C. The first-order valence-electron chi connectivity index (χ1n) is 6.65. The van der Waals surface area contributed by atoms with Gasteiger partial charge < -0.3 is 4.74 Å². The molecule has 2 nitrogen and oxygen atoms in total. The molecule has 1 atom stereocenters. The first-order valence-corrected chi connectivity index (χ1v) is 6.65. The lowest BCUT2D eigenvalue weighted by molar-refractivity contribution is -0.149. The molecule has 0 aromatic carbocycles. The van der Waals surface area contributed by atoms with Crippen molar-refractivity contribution < 1.29 is 9.53 Å². The zero-order valence-corrected chi connectivity index (χ0v) is 11.6. The number of carbonyl (C=O) groups excluding carboxylic acids is 1. The summed E-state index contributed by atoms with van der Waals surface area (Å²) in [6.45, 7) is 11.0. The first kappa shape index (κ1) is 15.5. The zero-order chi connectivity index (χ0) is 12.6. The molecule has 2 heteroatoms. The summed E-state index contributed by atoms with van der Waals surface area (Å²) in [5.74, 6) is 1.23. The number of esters is 1. The molecule has 0 aliphatic carbocycles. The Bertz CT molecular complexity index is 185. The highest BCUT2D eigenvalue weighted by atomic mass is 16.5. The van der Waals surface area contributed by atoms with Crippen molar-refractivity contribution in [1.29, 1.82) is 0 Å². The average Bonchev–Trinajstić information content (AvgIpc) is 2.16. The Labute approximate surface area is 101 Å². The van der Waals surface area contributed by atoms with Crippen LogP contribution >= 0.6 is 0 Å². The van der Waals surface area contributed by atoms with Crippen LogP contribution in [-0.4, -0.2) is 12.6 Å². The van der Waals surface area contributed by atoms with Crippen LogP contribution in [0.3, 0.4) is 0 Å². The van der Waals surface area contributed by atoms with Gasteiger partial charge in [0.2, 0.25) is 0 Å². The Hall–Kier alpha value is -0.530. The van der Waals surface area contributed by atoms with Gasteiger partial charge in [0.05, 0.1) is 12.5 Å². The van der Waals surface area contributed by atoms with Crippen molar-refractivity contribution >= 4 is 5.97 Å². The molecule has 0 aromatic rings. The van der Waals surface area contributed by atoms with Crippen molar-refractivity contribution in [3.63, 3.8) is 0 Å². The van der Waals surface area contributed by atoms with E-state index in [4.69, 9.17) is 4.74 Å². The van der Waals surface area contributed by atoms with Gasteiger partial charge in [0.1, 0.15) is 0 Å². The highest BCUT2D eigenvalue weighted by molar-refractivity contribution is 5.72. The largest absolute Gasteiger partial charge is 0.466 e. The van der Waals surface area contributed by atoms with Gasteiger partial charge in [-0.25, -0.2) is 0 Å². The van der Waals surface area contributed by atoms with Gasteiger partial charge in [0.25, 0.3) is 0 Å². The molecule has 0 fully saturated rings. The fourth-order valence-corrected chi connectivity index (χ4v) is 1.89. The second-order valence-electron chi connectivity index (χ2n) is 5.28. The molecule has 0 aromatic heterocycles. The van der Waals surface area contributed by atoms with Crippen LogP contribution in [0.5, 0.6) is 0 Å².